The highest BCUT2D eigenvalue weighted by molar-refractivity contribution is 6.02. The van der Waals surface area contributed by atoms with Crippen molar-refractivity contribution in [3.63, 3.8) is 0 Å². The fourth-order valence-electron chi connectivity index (χ4n) is 1.50. The fourth-order valence-corrected chi connectivity index (χ4v) is 1.50. The maximum Gasteiger partial charge on any atom is 0.291 e. The van der Waals surface area contributed by atoms with Gasteiger partial charge in [-0.15, -0.1) is 0 Å². The third-order valence-corrected chi connectivity index (χ3v) is 2.42. The van der Waals surface area contributed by atoms with Gasteiger partial charge in [0.25, 0.3) is 5.91 Å². The largest absolute Gasteiger partial charge is 0.459 e. The van der Waals surface area contributed by atoms with Crippen LogP contribution in [0.2, 0.25) is 0 Å². The molecule has 3 N–H and O–H groups in total. The third-order valence-electron chi connectivity index (χ3n) is 2.42. The van der Waals surface area contributed by atoms with E-state index in [1.165, 1.54) is 6.26 Å². The molecule has 0 aliphatic carbocycles. The minimum absolute atomic E-state index is 0.0598. The van der Waals surface area contributed by atoms with Crippen LogP contribution in [0.5, 0.6) is 0 Å². The van der Waals surface area contributed by atoms with E-state index in [1.54, 1.807) is 12.1 Å². The molecule has 0 saturated carbocycles. The summed E-state index contributed by atoms with van der Waals surface area (Å²) in [7, 11) is 0. The van der Waals surface area contributed by atoms with Crippen molar-refractivity contribution in [2.24, 2.45) is 5.73 Å². The molecule has 1 aromatic heterocycles. The molecule has 0 aliphatic heterocycles. The first-order valence-electron chi connectivity index (χ1n) is 5.37. The SMILES string of the molecule is CC(N)c1cccc(NC(=O)c2ccco2)c1. The minimum Gasteiger partial charge on any atom is -0.459 e. The van der Waals surface area contributed by atoms with E-state index in [-0.39, 0.29) is 17.7 Å². The number of anilines is 1. The van der Waals surface area contributed by atoms with Crippen LogP contribution in [0.15, 0.2) is 47.1 Å². The number of rotatable bonds is 3. The Hall–Kier alpha value is -2.07. The van der Waals surface area contributed by atoms with Gasteiger partial charge >= 0.3 is 0 Å². The number of hydrogen-bond donors (Lipinski definition) is 2. The highest BCUT2D eigenvalue weighted by Crippen LogP contribution is 2.16. The summed E-state index contributed by atoms with van der Waals surface area (Å²) < 4.78 is 5.01. The van der Waals surface area contributed by atoms with Crippen molar-refractivity contribution in [3.05, 3.63) is 54.0 Å². The van der Waals surface area contributed by atoms with E-state index in [4.69, 9.17) is 10.2 Å². The number of hydrogen-bond acceptors (Lipinski definition) is 3. The van der Waals surface area contributed by atoms with Crippen LogP contribution >= 0.6 is 0 Å². The number of nitrogens with one attached hydrogen (secondary N) is 1. The molecule has 0 bridgehead atoms. The van der Waals surface area contributed by atoms with Gasteiger partial charge in [0.2, 0.25) is 0 Å². The Labute approximate surface area is 99.4 Å². The molecule has 0 spiro atoms. The highest BCUT2D eigenvalue weighted by Gasteiger charge is 2.09. The van der Waals surface area contributed by atoms with Gasteiger partial charge in [-0.05, 0) is 36.8 Å². The van der Waals surface area contributed by atoms with Crippen LogP contribution < -0.4 is 11.1 Å². The molecule has 88 valence electrons. The summed E-state index contributed by atoms with van der Waals surface area (Å²) in [5, 5.41) is 2.75. The molecule has 4 nitrogen and oxygen atoms in total. The molecular formula is C13H14N2O2. The maximum atomic E-state index is 11.7. The molecule has 1 atom stereocenters. The number of nitrogens with two attached hydrogens (primary N) is 1. The lowest BCUT2D eigenvalue weighted by molar-refractivity contribution is 0.0996. The Kier molecular flexibility index (Phi) is 3.25. The first kappa shape index (κ1) is 11.4. The van der Waals surface area contributed by atoms with Crippen LogP contribution in [0.1, 0.15) is 29.1 Å². The van der Waals surface area contributed by atoms with E-state index in [2.05, 4.69) is 5.32 Å². The van der Waals surface area contributed by atoms with Crippen LogP contribution in [0.25, 0.3) is 0 Å². The Morgan fingerprint density at radius 1 is 1.35 bits per heavy atom. The summed E-state index contributed by atoms with van der Waals surface area (Å²) in [6, 6.07) is 10.7. The second-order valence-electron chi connectivity index (χ2n) is 3.85. The van der Waals surface area contributed by atoms with E-state index in [9.17, 15) is 4.79 Å². The number of amides is 1. The predicted octanol–water partition coefficient (Wildman–Crippen LogP) is 2.55. The van der Waals surface area contributed by atoms with Gasteiger partial charge in [-0.25, -0.2) is 0 Å². The molecule has 4 heteroatoms. The lowest BCUT2D eigenvalue weighted by Crippen LogP contribution is -2.12. The Morgan fingerprint density at radius 3 is 2.82 bits per heavy atom. The summed E-state index contributed by atoms with van der Waals surface area (Å²) in [5.74, 6) is 0.0213. The van der Waals surface area contributed by atoms with Crippen LogP contribution in [0.4, 0.5) is 5.69 Å². The minimum atomic E-state index is -0.267. The second kappa shape index (κ2) is 4.84. The molecule has 17 heavy (non-hydrogen) atoms. The molecule has 0 saturated heterocycles. The van der Waals surface area contributed by atoms with Crippen molar-refractivity contribution in [1.29, 1.82) is 0 Å². The zero-order valence-corrected chi connectivity index (χ0v) is 9.51. The van der Waals surface area contributed by atoms with Gasteiger partial charge in [0, 0.05) is 11.7 Å². The number of carbonyl (C=O) groups excluding carboxylic acids is 1. The topological polar surface area (TPSA) is 68.3 Å². The van der Waals surface area contributed by atoms with Crippen molar-refractivity contribution in [3.8, 4) is 0 Å². The zero-order chi connectivity index (χ0) is 12.3. The number of benzene rings is 1. The van der Waals surface area contributed by atoms with Crippen molar-refractivity contribution >= 4 is 11.6 Å². The van der Waals surface area contributed by atoms with Gasteiger partial charge in [-0.1, -0.05) is 12.1 Å². The molecule has 0 fully saturated rings. The summed E-state index contributed by atoms with van der Waals surface area (Å²) in [6.45, 7) is 1.90. The van der Waals surface area contributed by atoms with Gasteiger partial charge in [0.1, 0.15) is 0 Å². The summed E-state index contributed by atoms with van der Waals surface area (Å²) in [6.07, 6.45) is 1.47. The van der Waals surface area contributed by atoms with E-state index in [0.717, 1.165) is 5.56 Å². The molecule has 0 radical (unpaired) electrons. The van der Waals surface area contributed by atoms with Crippen LogP contribution in [0, 0.1) is 0 Å². The Morgan fingerprint density at radius 2 is 2.18 bits per heavy atom. The normalized spacial score (nSPS) is 12.1. The lowest BCUT2D eigenvalue weighted by Gasteiger charge is -2.08. The molecule has 2 aromatic rings. The first-order chi connectivity index (χ1) is 8.16. The zero-order valence-electron chi connectivity index (χ0n) is 9.51. The monoisotopic (exact) mass is 230 g/mol. The molecule has 1 unspecified atom stereocenters. The molecule has 1 amide bonds. The van der Waals surface area contributed by atoms with Crippen molar-refractivity contribution in [1.82, 2.24) is 0 Å². The van der Waals surface area contributed by atoms with Crippen LogP contribution in [-0.4, -0.2) is 5.91 Å². The van der Waals surface area contributed by atoms with Gasteiger partial charge in [-0.2, -0.15) is 0 Å². The fraction of sp³-hybridized carbons (Fsp3) is 0.154. The average Bonchev–Trinajstić information content (AvgIpc) is 2.82. The Bertz CT molecular complexity index is 504. The van der Waals surface area contributed by atoms with Gasteiger partial charge < -0.3 is 15.5 Å². The smallest absolute Gasteiger partial charge is 0.291 e. The van der Waals surface area contributed by atoms with Crippen LogP contribution in [0.3, 0.4) is 0 Å². The van der Waals surface area contributed by atoms with E-state index in [0.29, 0.717) is 5.69 Å². The van der Waals surface area contributed by atoms with Gasteiger partial charge in [-0.3, -0.25) is 4.79 Å². The maximum absolute atomic E-state index is 11.7. The summed E-state index contributed by atoms with van der Waals surface area (Å²) in [4.78, 5) is 11.7. The predicted molar refractivity (Wildman–Crippen MR) is 65.7 cm³/mol. The van der Waals surface area contributed by atoms with E-state index < -0.39 is 0 Å². The molecule has 1 heterocycles. The standard InChI is InChI=1S/C13H14N2O2/c1-9(14)10-4-2-5-11(8-10)15-13(16)12-6-3-7-17-12/h2-9H,14H2,1H3,(H,15,16). The molecule has 1 aromatic carbocycles. The first-order valence-corrected chi connectivity index (χ1v) is 5.37. The molecule has 2 rings (SSSR count). The number of furan rings is 1. The average molecular weight is 230 g/mol. The summed E-state index contributed by atoms with van der Waals surface area (Å²) >= 11 is 0. The molecular weight excluding hydrogens is 216 g/mol. The van der Waals surface area contributed by atoms with Gasteiger partial charge in [0.05, 0.1) is 6.26 Å². The van der Waals surface area contributed by atoms with Crippen LogP contribution in [-0.2, 0) is 0 Å². The quantitative estimate of drug-likeness (QED) is 0.851. The van der Waals surface area contributed by atoms with E-state index >= 15 is 0 Å². The van der Waals surface area contributed by atoms with Crippen molar-refractivity contribution in [2.75, 3.05) is 5.32 Å². The van der Waals surface area contributed by atoms with E-state index in [1.807, 2.05) is 31.2 Å². The second-order valence-corrected chi connectivity index (χ2v) is 3.85. The Balaban J connectivity index is 2.14. The summed E-state index contributed by atoms with van der Waals surface area (Å²) in [5.41, 5.74) is 7.46. The van der Waals surface area contributed by atoms with Gasteiger partial charge in [0.15, 0.2) is 5.76 Å². The number of carbonyl (C=O) groups is 1. The molecule has 0 aliphatic rings. The van der Waals surface area contributed by atoms with Crippen molar-refractivity contribution in [2.45, 2.75) is 13.0 Å². The van der Waals surface area contributed by atoms with Crippen molar-refractivity contribution < 1.29 is 9.21 Å². The highest BCUT2D eigenvalue weighted by atomic mass is 16.3. The lowest BCUT2D eigenvalue weighted by atomic mass is 10.1. The third kappa shape index (κ3) is 2.73.